The van der Waals surface area contributed by atoms with Gasteiger partial charge in [-0.25, -0.2) is 0 Å². The molecule has 1 aliphatic carbocycles. The summed E-state index contributed by atoms with van der Waals surface area (Å²) in [6.45, 7) is 6.16. The second-order valence-electron chi connectivity index (χ2n) is 5.85. The van der Waals surface area contributed by atoms with Crippen LogP contribution in [-0.2, 0) is 10.3 Å². The maximum atomic E-state index is 6.09. The van der Waals surface area contributed by atoms with E-state index in [2.05, 4.69) is 30.9 Å². The van der Waals surface area contributed by atoms with Crippen LogP contribution in [0.3, 0.4) is 0 Å². The third-order valence-corrected chi connectivity index (χ3v) is 3.60. The van der Waals surface area contributed by atoms with Crippen LogP contribution in [0, 0.1) is 5.41 Å². The number of nitrogens with zero attached hydrogens (tertiary/aromatic N) is 2. The van der Waals surface area contributed by atoms with Crippen molar-refractivity contribution in [3.05, 3.63) is 11.7 Å². The zero-order valence-electron chi connectivity index (χ0n) is 11.0. The van der Waals surface area contributed by atoms with E-state index < -0.39 is 0 Å². The van der Waals surface area contributed by atoms with Crippen molar-refractivity contribution in [2.24, 2.45) is 11.1 Å². The molecule has 1 atom stereocenters. The van der Waals surface area contributed by atoms with E-state index in [1.165, 1.54) is 0 Å². The first-order valence-corrected chi connectivity index (χ1v) is 6.04. The Kier molecular flexibility index (Phi) is 2.99. The second-order valence-corrected chi connectivity index (χ2v) is 5.85. The fourth-order valence-corrected chi connectivity index (χ4v) is 1.93. The van der Waals surface area contributed by atoms with Gasteiger partial charge in [-0.2, -0.15) is 4.98 Å². The molecule has 0 aliphatic heterocycles. The van der Waals surface area contributed by atoms with Crippen LogP contribution >= 0.6 is 0 Å². The molecule has 0 amide bonds. The predicted octanol–water partition coefficient (Wildman–Crippen LogP) is 2.14. The van der Waals surface area contributed by atoms with Gasteiger partial charge in [0, 0.05) is 7.11 Å². The van der Waals surface area contributed by atoms with E-state index in [1.807, 2.05) is 0 Å². The van der Waals surface area contributed by atoms with Gasteiger partial charge in [-0.15, -0.1) is 0 Å². The first-order chi connectivity index (χ1) is 7.89. The molecule has 0 spiro atoms. The van der Waals surface area contributed by atoms with Crippen molar-refractivity contribution in [3.8, 4) is 0 Å². The van der Waals surface area contributed by atoms with E-state index in [0.717, 1.165) is 19.3 Å². The lowest BCUT2D eigenvalue weighted by atomic mass is 9.79. The van der Waals surface area contributed by atoms with Gasteiger partial charge < -0.3 is 15.0 Å². The van der Waals surface area contributed by atoms with Gasteiger partial charge >= 0.3 is 0 Å². The van der Waals surface area contributed by atoms with Gasteiger partial charge in [0.25, 0.3) is 0 Å². The maximum absolute atomic E-state index is 6.09. The van der Waals surface area contributed by atoms with Crippen molar-refractivity contribution in [3.63, 3.8) is 0 Å². The van der Waals surface area contributed by atoms with Crippen molar-refractivity contribution in [1.82, 2.24) is 10.1 Å². The molecule has 2 rings (SSSR count). The summed E-state index contributed by atoms with van der Waals surface area (Å²) >= 11 is 0. The Bertz CT molecular complexity index is 385. The van der Waals surface area contributed by atoms with Gasteiger partial charge in [-0.05, 0) is 24.7 Å². The average Bonchev–Trinajstić information content (AvgIpc) is 2.64. The molecule has 2 N–H and O–H groups in total. The Morgan fingerprint density at radius 2 is 2.06 bits per heavy atom. The SMILES string of the molecule is COC1(c2noc([C@@H](N)C(C)(C)C)n2)CCC1. The smallest absolute Gasteiger partial charge is 0.244 e. The van der Waals surface area contributed by atoms with Gasteiger partial charge in [0.2, 0.25) is 11.7 Å². The van der Waals surface area contributed by atoms with Gasteiger partial charge in [-0.1, -0.05) is 25.9 Å². The van der Waals surface area contributed by atoms with E-state index in [1.54, 1.807) is 7.11 Å². The lowest BCUT2D eigenvalue weighted by molar-refractivity contribution is -0.0858. The Hall–Kier alpha value is -0.940. The molecule has 0 aromatic carbocycles. The van der Waals surface area contributed by atoms with Gasteiger partial charge in [0.15, 0.2) is 0 Å². The number of methoxy groups -OCH3 is 1. The zero-order valence-corrected chi connectivity index (χ0v) is 11.0. The van der Waals surface area contributed by atoms with Crippen LogP contribution in [0.2, 0.25) is 0 Å². The highest BCUT2D eigenvalue weighted by molar-refractivity contribution is 5.08. The molecule has 0 bridgehead atoms. The normalized spacial score (nSPS) is 21.0. The third-order valence-electron chi connectivity index (χ3n) is 3.60. The summed E-state index contributed by atoms with van der Waals surface area (Å²) in [6, 6.07) is -0.252. The minimum absolute atomic E-state index is 0.0936. The summed E-state index contributed by atoms with van der Waals surface area (Å²) in [5.74, 6) is 1.14. The highest BCUT2D eigenvalue weighted by Crippen LogP contribution is 2.43. The van der Waals surface area contributed by atoms with Crippen LogP contribution in [0.15, 0.2) is 4.52 Å². The summed E-state index contributed by atoms with van der Waals surface area (Å²) in [4.78, 5) is 4.41. The number of ether oxygens (including phenoxy) is 1. The first-order valence-electron chi connectivity index (χ1n) is 6.04. The van der Waals surface area contributed by atoms with Crippen molar-refractivity contribution in [2.45, 2.75) is 51.7 Å². The van der Waals surface area contributed by atoms with Gasteiger partial charge in [-0.3, -0.25) is 0 Å². The molecule has 1 fully saturated rings. The highest BCUT2D eigenvalue weighted by Gasteiger charge is 2.44. The Morgan fingerprint density at radius 1 is 1.41 bits per heavy atom. The van der Waals surface area contributed by atoms with Crippen LogP contribution < -0.4 is 5.73 Å². The summed E-state index contributed by atoms with van der Waals surface area (Å²) in [7, 11) is 1.69. The number of aromatic nitrogens is 2. The van der Waals surface area contributed by atoms with Crippen LogP contribution in [-0.4, -0.2) is 17.3 Å². The molecular weight excluding hydrogens is 218 g/mol. The number of hydrogen-bond acceptors (Lipinski definition) is 5. The summed E-state index contributed by atoms with van der Waals surface area (Å²) in [5, 5.41) is 4.02. The minimum Gasteiger partial charge on any atom is -0.370 e. The quantitative estimate of drug-likeness (QED) is 0.874. The molecule has 96 valence electrons. The molecular formula is C12H21N3O2. The van der Waals surface area contributed by atoms with Crippen LogP contribution in [0.25, 0.3) is 0 Å². The highest BCUT2D eigenvalue weighted by atomic mass is 16.5. The van der Waals surface area contributed by atoms with Crippen LogP contribution in [0.5, 0.6) is 0 Å². The molecule has 5 heteroatoms. The van der Waals surface area contributed by atoms with E-state index in [9.17, 15) is 0 Å². The Labute approximate surface area is 102 Å². The zero-order chi connectivity index (χ0) is 12.7. The lowest BCUT2D eigenvalue weighted by Crippen LogP contribution is -2.37. The van der Waals surface area contributed by atoms with Crippen molar-refractivity contribution in [1.29, 1.82) is 0 Å². The van der Waals surface area contributed by atoms with Crippen molar-refractivity contribution >= 4 is 0 Å². The molecule has 5 nitrogen and oxygen atoms in total. The third kappa shape index (κ3) is 2.09. The van der Waals surface area contributed by atoms with E-state index in [4.69, 9.17) is 15.0 Å². The number of nitrogens with two attached hydrogens (primary N) is 1. The molecule has 17 heavy (non-hydrogen) atoms. The average molecular weight is 239 g/mol. The monoisotopic (exact) mass is 239 g/mol. The molecule has 1 aromatic rings. The van der Waals surface area contributed by atoms with Gasteiger partial charge in [0.1, 0.15) is 5.60 Å². The first kappa shape index (κ1) is 12.5. The molecule has 0 radical (unpaired) electrons. The summed E-state index contributed by atoms with van der Waals surface area (Å²) in [5.41, 5.74) is 5.66. The summed E-state index contributed by atoms with van der Waals surface area (Å²) in [6.07, 6.45) is 3.05. The predicted molar refractivity (Wildman–Crippen MR) is 63.2 cm³/mol. The fraction of sp³-hybridized carbons (Fsp3) is 0.833. The second kappa shape index (κ2) is 4.07. The fourth-order valence-electron chi connectivity index (χ4n) is 1.93. The molecule has 1 saturated carbocycles. The molecule has 1 heterocycles. The Morgan fingerprint density at radius 3 is 2.47 bits per heavy atom. The van der Waals surface area contributed by atoms with Gasteiger partial charge in [0.05, 0.1) is 6.04 Å². The maximum Gasteiger partial charge on any atom is 0.244 e. The summed E-state index contributed by atoms with van der Waals surface area (Å²) < 4.78 is 10.8. The lowest BCUT2D eigenvalue weighted by Gasteiger charge is -2.37. The van der Waals surface area contributed by atoms with E-state index in [0.29, 0.717) is 11.7 Å². The van der Waals surface area contributed by atoms with Crippen molar-refractivity contribution in [2.75, 3.05) is 7.11 Å². The topological polar surface area (TPSA) is 74.2 Å². The van der Waals surface area contributed by atoms with E-state index in [-0.39, 0.29) is 17.1 Å². The molecule has 0 unspecified atom stereocenters. The molecule has 1 aromatic heterocycles. The minimum atomic E-state index is -0.334. The number of hydrogen-bond donors (Lipinski definition) is 1. The molecule has 0 saturated heterocycles. The van der Waals surface area contributed by atoms with Crippen LogP contribution in [0.1, 0.15) is 57.8 Å². The van der Waals surface area contributed by atoms with E-state index >= 15 is 0 Å². The number of rotatable bonds is 3. The largest absolute Gasteiger partial charge is 0.370 e. The van der Waals surface area contributed by atoms with Crippen molar-refractivity contribution < 1.29 is 9.26 Å². The molecule has 1 aliphatic rings. The van der Waals surface area contributed by atoms with Crippen LogP contribution in [0.4, 0.5) is 0 Å². The Balaban J connectivity index is 2.21. The standard InChI is InChI=1S/C12H21N3O2/c1-11(2,3)8(13)9-14-10(15-17-9)12(16-4)6-5-7-12/h8H,5-7,13H2,1-4H3/t8-/m1/s1.